The standard InChI is InChI=1S/C8H13F3N2O2S/c1-15-5-4-13(3-2-6(12)16)7(14)8(9,10)11/h2-5H2,1H3,(H2,12,16). The Morgan fingerprint density at radius 3 is 2.38 bits per heavy atom. The van der Waals surface area contributed by atoms with E-state index in [1.807, 2.05) is 0 Å². The van der Waals surface area contributed by atoms with Crippen molar-refractivity contribution in [2.24, 2.45) is 5.73 Å². The van der Waals surface area contributed by atoms with Crippen molar-refractivity contribution < 1.29 is 22.7 Å². The number of rotatable bonds is 6. The van der Waals surface area contributed by atoms with Crippen LogP contribution in [0.15, 0.2) is 0 Å². The van der Waals surface area contributed by atoms with Gasteiger partial charge in [0.2, 0.25) is 0 Å². The molecule has 0 atom stereocenters. The van der Waals surface area contributed by atoms with E-state index in [9.17, 15) is 18.0 Å². The van der Waals surface area contributed by atoms with Gasteiger partial charge in [0.05, 0.1) is 11.6 Å². The molecule has 2 N–H and O–H groups in total. The number of ether oxygens (including phenoxy) is 1. The first-order valence-corrected chi connectivity index (χ1v) is 4.83. The van der Waals surface area contributed by atoms with Gasteiger partial charge >= 0.3 is 12.1 Å². The van der Waals surface area contributed by atoms with Crippen molar-refractivity contribution in [3.63, 3.8) is 0 Å². The van der Waals surface area contributed by atoms with Gasteiger partial charge in [0.25, 0.3) is 0 Å². The van der Waals surface area contributed by atoms with Gasteiger partial charge in [-0.1, -0.05) is 12.2 Å². The molecule has 0 aromatic heterocycles. The van der Waals surface area contributed by atoms with Gasteiger partial charge < -0.3 is 15.4 Å². The Labute approximate surface area is 96.5 Å². The van der Waals surface area contributed by atoms with E-state index in [0.29, 0.717) is 4.90 Å². The predicted octanol–water partition coefficient (Wildman–Crippen LogP) is 0.700. The van der Waals surface area contributed by atoms with Crippen LogP contribution in [0.2, 0.25) is 0 Å². The average molecular weight is 258 g/mol. The summed E-state index contributed by atoms with van der Waals surface area (Å²) in [5, 5.41) is 0. The Balaban J connectivity index is 4.41. The number of nitrogens with two attached hydrogens (primary N) is 1. The number of amides is 1. The van der Waals surface area contributed by atoms with Crippen molar-refractivity contribution in [1.82, 2.24) is 4.90 Å². The molecule has 0 saturated carbocycles. The van der Waals surface area contributed by atoms with Crippen LogP contribution in [0.1, 0.15) is 6.42 Å². The van der Waals surface area contributed by atoms with E-state index in [-0.39, 0.29) is 31.1 Å². The Kier molecular flexibility index (Phi) is 6.27. The maximum atomic E-state index is 12.2. The van der Waals surface area contributed by atoms with Crippen LogP contribution in [0.25, 0.3) is 0 Å². The van der Waals surface area contributed by atoms with Crippen molar-refractivity contribution in [1.29, 1.82) is 0 Å². The summed E-state index contributed by atoms with van der Waals surface area (Å²) in [6.07, 6.45) is -4.83. The summed E-state index contributed by atoms with van der Waals surface area (Å²) in [5.74, 6) is -1.90. The minimum atomic E-state index is -4.88. The zero-order chi connectivity index (χ0) is 12.8. The molecule has 0 aromatic rings. The highest BCUT2D eigenvalue weighted by molar-refractivity contribution is 7.80. The fraction of sp³-hybridized carbons (Fsp3) is 0.750. The maximum absolute atomic E-state index is 12.2. The number of nitrogens with zero attached hydrogens (tertiary/aromatic N) is 1. The van der Waals surface area contributed by atoms with E-state index >= 15 is 0 Å². The van der Waals surface area contributed by atoms with E-state index in [1.54, 1.807) is 0 Å². The fourth-order valence-electron chi connectivity index (χ4n) is 0.941. The van der Waals surface area contributed by atoms with E-state index in [1.165, 1.54) is 7.11 Å². The van der Waals surface area contributed by atoms with Crippen molar-refractivity contribution in [3.05, 3.63) is 0 Å². The van der Waals surface area contributed by atoms with Crippen molar-refractivity contribution >= 4 is 23.1 Å². The highest BCUT2D eigenvalue weighted by Crippen LogP contribution is 2.18. The van der Waals surface area contributed by atoms with Crippen molar-refractivity contribution in [2.45, 2.75) is 12.6 Å². The molecule has 0 heterocycles. The second-order valence-corrected chi connectivity index (χ2v) is 3.52. The van der Waals surface area contributed by atoms with Crippen LogP contribution in [0.4, 0.5) is 13.2 Å². The van der Waals surface area contributed by atoms with Crippen molar-refractivity contribution in [2.75, 3.05) is 26.8 Å². The Morgan fingerprint density at radius 2 is 2.00 bits per heavy atom. The summed E-state index contributed by atoms with van der Waals surface area (Å²) in [6.45, 7) is -0.270. The van der Waals surface area contributed by atoms with E-state index in [0.717, 1.165) is 0 Å². The molecule has 0 aliphatic carbocycles. The van der Waals surface area contributed by atoms with Crippen LogP contribution in [0.5, 0.6) is 0 Å². The topological polar surface area (TPSA) is 55.6 Å². The van der Waals surface area contributed by atoms with Gasteiger partial charge in [0, 0.05) is 26.6 Å². The molecule has 0 fully saturated rings. The Morgan fingerprint density at radius 1 is 1.44 bits per heavy atom. The summed E-state index contributed by atoms with van der Waals surface area (Å²) >= 11 is 4.53. The molecule has 0 rings (SSSR count). The zero-order valence-electron chi connectivity index (χ0n) is 8.71. The smallest absolute Gasteiger partial charge is 0.393 e. The number of alkyl halides is 3. The molecule has 0 aliphatic heterocycles. The van der Waals surface area contributed by atoms with Gasteiger partial charge in [0.1, 0.15) is 0 Å². The number of halogens is 3. The molecule has 0 aromatic carbocycles. The third kappa shape index (κ3) is 5.86. The minimum Gasteiger partial charge on any atom is -0.393 e. The summed E-state index contributed by atoms with van der Waals surface area (Å²) in [7, 11) is 1.34. The van der Waals surface area contributed by atoms with Crippen LogP contribution < -0.4 is 5.73 Å². The minimum absolute atomic E-state index is 0.0269. The molecule has 0 bridgehead atoms. The highest BCUT2D eigenvalue weighted by Gasteiger charge is 2.42. The quantitative estimate of drug-likeness (QED) is 0.713. The molecule has 4 nitrogen and oxygen atoms in total. The molecule has 0 radical (unpaired) electrons. The van der Waals surface area contributed by atoms with Gasteiger partial charge in [-0.2, -0.15) is 13.2 Å². The van der Waals surface area contributed by atoms with E-state index in [4.69, 9.17) is 5.73 Å². The fourth-order valence-corrected chi connectivity index (χ4v) is 1.03. The molecule has 94 valence electrons. The SMILES string of the molecule is COCCN(CCC(N)=S)C(=O)C(F)(F)F. The maximum Gasteiger partial charge on any atom is 0.471 e. The number of thiocarbonyl (C=S) groups is 1. The Hall–Kier alpha value is -0.890. The lowest BCUT2D eigenvalue weighted by Crippen LogP contribution is -2.44. The molecule has 0 spiro atoms. The van der Waals surface area contributed by atoms with Gasteiger partial charge in [-0.3, -0.25) is 4.79 Å². The lowest BCUT2D eigenvalue weighted by Gasteiger charge is -2.23. The first-order chi connectivity index (χ1) is 7.29. The Bertz CT molecular complexity index is 258. The monoisotopic (exact) mass is 258 g/mol. The van der Waals surface area contributed by atoms with Gasteiger partial charge in [-0.25, -0.2) is 0 Å². The summed E-state index contributed by atoms with van der Waals surface area (Å²) < 4.78 is 41.1. The highest BCUT2D eigenvalue weighted by atomic mass is 32.1. The summed E-state index contributed by atoms with van der Waals surface area (Å²) in [4.78, 5) is 11.6. The second kappa shape index (κ2) is 6.64. The lowest BCUT2D eigenvalue weighted by atomic mass is 10.3. The normalized spacial score (nSPS) is 11.2. The second-order valence-electron chi connectivity index (χ2n) is 3.00. The molecule has 0 aliphatic rings. The zero-order valence-corrected chi connectivity index (χ0v) is 9.53. The lowest BCUT2D eigenvalue weighted by molar-refractivity contribution is -0.185. The van der Waals surface area contributed by atoms with E-state index in [2.05, 4.69) is 17.0 Å². The first kappa shape index (κ1) is 15.1. The van der Waals surface area contributed by atoms with Gasteiger partial charge in [0.15, 0.2) is 0 Å². The van der Waals surface area contributed by atoms with Crippen LogP contribution in [-0.4, -0.2) is 48.8 Å². The van der Waals surface area contributed by atoms with Crippen LogP contribution in [0.3, 0.4) is 0 Å². The number of carbonyl (C=O) groups is 1. The molecular formula is C8H13F3N2O2S. The largest absolute Gasteiger partial charge is 0.471 e. The van der Waals surface area contributed by atoms with Crippen molar-refractivity contribution in [3.8, 4) is 0 Å². The van der Waals surface area contributed by atoms with E-state index < -0.39 is 12.1 Å². The van der Waals surface area contributed by atoms with Crippen LogP contribution in [0, 0.1) is 0 Å². The number of hydrogen-bond donors (Lipinski definition) is 1. The summed E-state index contributed by atoms with van der Waals surface area (Å²) in [6, 6.07) is 0. The van der Waals surface area contributed by atoms with Crippen LogP contribution in [-0.2, 0) is 9.53 Å². The van der Waals surface area contributed by atoms with Gasteiger partial charge in [-0.15, -0.1) is 0 Å². The molecular weight excluding hydrogens is 245 g/mol. The number of hydrogen-bond acceptors (Lipinski definition) is 3. The number of methoxy groups -OCH3 is 1. The van der Waals surface area contributed by atoms with Gasteiger partial charge in [-0.05, 0) is 0 Å². The molecule has 16 heavy (non-hydrogen) atoms. The number of carbonyl (C=O) groups excluding carboxylic acids is 1. The molecule has 0 unspecified atom stereocenters. The molecule has 1 amide bonds. The van der Waals surface area contributed by atoms with Crippen LogP contribution >= 0.6 is 12.2 Å². The molecule has 8 heteroatoms. The predicted molar refractivity (Wildman–Crippen MR) is 55.9 cm³/mol. The first-order valence-electron chi connectivity index (χ1n) is 4.42. The average Bonchev–Trinajstić information content (AvgIpc) is 2.15. The summed E-state index contributed by atoms with van der Waals surface area (Å²) in [5.41, 5.74) is 5.16. The third-order valence-corrected chi connectivity index (χ3v) is 1.93. The third-order valence-electron chi connectivity index (χ3n) is 1.72. The molecule has 0 saturated heterocycles.